The maximum absolute atomic E-state index is 12.6. The van der Waals surface area contributed by atoms with Crippen LogP contribution in [0, 0.1) is 5.92 Å². The van der Waals surface area contributed by atoms with Crippen molar-refractivity contribution < 1.29 is 14.7 Å². The van der Waals surface area contributed by atoms with E-state index in [1.165, 1.54) is 0 Å². The van der Waals surface area contributed by atoms with Crippen LogP contribution in [0.25, 0.3) is 0 Å². The molecule has 0 aromatic rings. The Kier molecular flexibility index (Phi) is 9.37. The van der Waals surface area contributed by atoms with E-state index < -0.39 is 0 Å². The van der Waals surface area contributed by atoms with Crippen LogP contribution < -0.4 is 0 Å². The molecule has 1 N–H and O–H groups in total. The molecule has 23 heavy (non-hydrogen) atoms. The van der Waals surface area contributed by atoms with Crippen molar-refractivity contribution in [1.82, 2.24) is 0 Å². The highest BCUT2D eigenvalue weighted by Crippen LogP contribution is 2.32. The highest BCUT2D eigenvalue weighted by atomic mass is 32.2. The molecule has 0 radical (unpaired) electrons. The van der Waals surface area contributed by atoms with Crippen LogP contribution in [0.3, 0.4) is 0 Å². The highest BCUT2D eigenvalue weighted by Gasteiger charge is 2.31. The van der Waals surface area contributed by atoms with E-state index in [1.54, 1.807) is 0 Å². The number of carbonyl (C=O) groups excluding carboxylic acids is 1. The van der Waals surface area contributed by atoms with Crippen molar-refractivity contribution in [3.05, 3.63) is 11.3 Å². The molecule has 0 bridgehead atoms. The van der Waals surface area contributed by atoms with Gasteiger partial charge in [-0.2, -0.15) is 11.8 Å². The molecule has 0 saturated heterocycles. The van der Waals surface area contributed by atoms with Crippen molar-refractivity contribution in [2.24, 2.45) is 11.1 Å². The summed E-state index contributed by atoms with van der Waals surface area (Å²) in [6.45, 7) is 8.76. The molecule has 0 fully saturated rings. The van der Waals surface area contributed by atoms with Gasteiger partial charge in [-0.25, -0.2) is 0 Å². The zero-order valence-corrected chi connectivity index (χ0v) is 15.7. The third-order valence-electron chi connectivity index (χ3n) is 4.00. The molecule has 0 aromatic heterocycles. The van der Waals surface area contributed by atoms with E-state index in [0.29, 0.717) is 42.4 Å². The minimum absolute atomic E-state index is 0.0157. The summed E-state index contributed by atoms with van der Waals surface area (Å²) in [7, 11) is 0. The lowest BCUT2D eigenvalue weighted by Crippen LogP contribution is -2.26. The quantitative estimate of drug-likeness (QED) is 0.454. The molecule has 1 rings (SSSR count). The lowest BCUT2D eigenvalue weighted by Gasteiger charge is -2.26. The monoisotopic (exact) mass is 341 g/mol. The molecule has 0 heterocycles. The summed E-state index contributed by atoms with van der Waals surface area (Å²) >= 11 is 1.90. The number of ketones is 1. The number of unbranched alkanes of at least 4 members (excludes halogenated alkanes) is 1. The number of aliphatic hydroxyl groups excluding tert-OH is 1. The van der Waals surface area contributed by atoms with Crippen molar-refractivity contribution in [2.45, 2.75) is 71.5 Å². The van der Waals surface area contributed by atoms with E-state index in [9.17, 15) is 9.90 Å². The van der Waals surface area contributed by atoms with Gasteiger partial charge in [0.2, 0.25) is 0 Å². The maximum atomic E-state index is 12.6. The lowest BCUT2D eigenvalue weighted by molar-refractivity contribution is -0.116. The minimum Gasteiger partial charge on any atom is -0.511 e. The molecule has 0 aliphatic heterocycles. The van der Waals surface area contributed by atoms with Gasteiger partial charge in [0.15, 0.2) is 5.78 Å². The number of thioether (sulfide) groups is 1. The molecular weight excluding hydrogens is 310 g/mol. The van der Waals surface area contributed by atoms with Gasteiger partial charge in [-0.15, -0.1) is 0 Å². The van der Waals surface area contributed by atoms with E-state index in [4.69, 9.17) is 4.84 Å². The number of Topliss-reactive ketones (excluding diaryl/α,β-unsaturated/α-hetero) is 1. The van der Waals surface area contributed by atoms with Crippen LogP contribution in [0.5, 0.6) is 0 Å². The van der Waals surface area contributed by atoms with Crippen molar-refractivity contribution in [3.8, 4) is 0 Å². The molecule has 1 aliphatic rings. The molecule has 5 heteroatoms. The van der Waals surface area contributed by atoms with Gasteiger partial charge < -0.3 is 9.94 Å². The number of allylic oxidation sites excluding steroid dienone is 2. The Bertz CT molecular complexity index is 446. The van der Waals surface area contributed by atoms with Gasteiger partial charge in [-0.05, 0) is 37.9 Å². The molecule has 1 aliphatic carbocycles. The predicted octanol–water partition coefficient (Wildman–Crippen LogP) is 4.89. The molecule has 0 saturated carbocycles. The zero-order valence-electron chi connectivity index (χ0n) is 14.9. The van der Waals surface area contributed by atoms with Gasteiger partial charge in [0.1, 0.15) is 12.4 Å². The number of nitrogens with zero attached hydrogens (tertiary/aromatic N) is 1. The summed E-state index contributed by atoms with van der Waals surface area (Å²) in [5.41, 5.74) is 1.03. The maximum Gasteiger partial charge on any atom is 0.168 e. The average molecular weight is 342 g/mol. The molecular formula is C18H31NO3S. The predicted molar refractivity (Wildman–Crippen MR) is 98.2 cm³/mol. The largest absolute Gasteiger partial charge is 0.511 e. The fraction of sp³-hybridized carbons (Fsp3) is 0.778. The molecule has 2 atom stereocenters. The number of carbonyl (C=O) groups is 1. The van der Waals surface area contributed by atoms with Gasteiger partial charge >= 0.3 is 0 Å². The van der Waals surface area contributed by atoms with Crippen molar-refractivity contribution in [2.75, 3.05) is 12.4 Å². The summed E-state index contributed by atoms with van der Waals surface area (Å²) in [6, 6.07) is 0. The van der Waals surface area contributed by atoms with E-state index in [1.807, 2.05) is 18.7 Å². The average Bonchev–Trinajstić information content (AvgIpc) is 2.48. The van der Waals surface area contributed by atoms with Gasteiger partial charge in [-0.1, -0.05) is 32.3 Å². The molecule has 4 nitrogen and oxygen atoms in total. The summed E-state index contributed by atoms with van der Waals surface area (Å²) in [6.07, 6.45) is 4.67. The smallest absolute Gasteiger partial charge is 0.168 e. The number of hydrogen-bond donors (Lipinski definition) is 1. The van der Waals surface area contributed by atoms with Crippen LogP contribution in [-0.2, 0) is 9.63 Å². The fourth-order valence-electron chi connectivity index (χ4n) is 2.99. The first-order chi connectivity index (χ1) is 11.0. The summed E-state index contributed by atoms with van der Waals surface area (Å²) < 4.78 is 0. The fourth-order valence-corrected chi connectivity index (χ4v) is 3.97. The SMILES string of the molecule is CCCCC(=NOCC)C1=C(O)CC(CC(C)SCC)CC1=O. The summed E-state index contributed by atoms with van der Waals surface area (Å²) in [5, 5.41) is 15.0. The van der Waals surface area contributed by atoms with Gasteiger partial charge in [-0.3, -0.25) is 4.79 Å². The van der Waals surface area contributed by atoms with Crippen LogP contribution in [0.15, 0.2) is 16.5 Å². The Hall–Kier alpha value is -0.970. The molecule has 0 spiro atoms. The normalized spacial score (nSPS) is 20.8. The number of rotatable bonds is 10. The Morgan fingerprint density at radius 2 is 2.13 bits per heavy atom. The van der Waals surface area contributed by atoms with Crippen molar-refractivity contribution >= 4 is 23.3 Å². The van der Waals surface area contributed by atoms with Crippen LogP contribution in [0.2, 0.25) is 0 Å². The first-order valence-corrected chi connectivity index (χ1v) is 9.84. The van der Waals surface area contributed by atoms with Crippen LogP contribution in [0.4, 0.5) is 0 Å². The van der Waals surface area contributed by atoms with E-state index in [0.717, 1.165) is 25.0 Å². The molecule has 2 unspecified atom stereocenters. The zero-order chi connectivity index (χ0) is 17.2. The van der Waals surface area contributed by atoms with Gasteiger partial charge in [0, 0.05) is 18.1 Å². The third-order valence-corrected chi connectivity index (χ3v) is 5.09. The molecule has 0 aromatic carbocycles. The third kappa shape index (κ3) is 6.58. The first-order valence-electron chi connectivity index (χ1n) is 8.79. The number of oxime groups is 1. The summed E-state index contributed by atoms with van der Waals surface area (Å²) in [4.78, 5) is 17.7. The first kappa shape index (κ1) is 20.1. The number of aliphatic hydroxyl groups is 1. The van der Waals surface area contributed by atoms with Gasteiger partial charge in [0.05, 0.1) is 11.3 Å². The van der Waals surface area contributed by atoms with Crippen molar-refractivity contribution in [3.63, 3.8) is 0 Å². The number of hydrogen-bond acceptors (Lipinski definition) is 5. The van der Waals surface area contributed by atoms with E-state index >= 15 is 0 Å². The second-order valence-electron chi connectivity index (χ2n) is 6.08. The Balaban J connectivity index is 2.86. The van der Waals surface area contributed by atoms with Crippen LogP contribution >= 0.6 is 11.8 Å². The second-order valence-corrected chi connectivity index (χ2v) is 7.80. The topological polar surface area (TPSA) is 58.9 Å². The minimum atomic E-state index is 0.0157. The molecule has 132 valence electrons. The van der Waals surface area contributed by atoms with Gasteiger partial charge in [0.25, 0.3) is 0 Å². The van der Waals surface area contributed by atoms with Crippen molar-refractivity contribution in [1.29, 1.82) is 0 Å². The Morgan fingerprint density at radius 3 is 2.70 bits per heavy atom. The molecule has 0 amide bonds. The summed E-state index contributed by atoms with van der Waals surface area (Å²) in [5.74, 6) is 1.54. The van der Waals surface area contributed by atoms with E-state index in [-0.39, 0.29) is 17.5 Å². The standard InChI is InChI=1S/C18H31NO3S/c1-5-8-9-15(19-22-6-2)18-16(20)11-14(12-17(18)21)10-13(4)23-7-3/h13-14,20H,5-12H2,1-4H3. The van der Waals surface area contributed by atoms with Crippen LogP contribution in [-0.4, -0.2) is 34.2 Å². The van der Waals surface area contributed by atoms with E-state index in [2.05, 4.69) is 25.9 Å². The second kappa shape index (κ2) is 10.7. The Labute approximate surface area is 144 Å². The lowest BCUT2D eigenvalue weighted by atomic mass is 9.82. The highest BCUT2D eigenvalue weighted by molar-refractivity contribution is 7.99. The Morgan fingerprint density at radius 1 is 1.39 bits per heavy atom. The van der Waals surface area contributed by atoms with Crippen LogP contribution in [0.1, 0.15) is 66.2 Å².